The lowest BCUT2D eigenvalue weighted by Gasteiger charge is -2.64. The van der Waals surface area contributed by atoms with E-state index in [4.69, 9.17) is 0 Å². The molecule has 12 heteroatoms. The number of hydrogen-bond acceptors (Lipinski definition) is 10. The maximum absolute atomic E-state index is 11.9. The van der Waals surface area contributed by atoms with Gasteiger partial charge >= 0.3 is 0 Å². The molecule has 0 spiro atoms. The standard InChI is InChI=1S/C27H46N4O2.C26H44N4O2/c1-6-18-22-14-17(32)9-11-27(22,5)21-10-12-26(4)19(7-8-20(26)23(21)24(18)33)15(2)13-16(3)25-28-30-31-29-25;1-5-17-21-14-16(31)10-12-26(21,4)20-11-13-25(3)18(7-8-19(25)23(20)24(17)32)15(2)6-9-22-27-29-30-28-22/h15-24,32-33H,6-14H2,1-5H3,(H,28,29,30,31);15-21,23-24,31-32H,5-14H2,1-4H3,(H,27,28,29,30)/t15-,16+,17-,18-,19-,20?,21?,22+,23?,24-,26-,27-;15-,16-,17-,18-,19?,20?,21+,23?,24-,25-,26-/m11/s1. The van der Waals surface area contributed by atoms with Crippen molar-refractivity contribution in [1.82, 2.24) is 41.2 Å². The van der Waals surface area contributed by atoms with Gasteiger partial charge in [0.1, 0.15) is 0 Å². The zero-order chi connectivity index (χ0) is 46.2. The van der Waals surface area contributed by atoms with Gasteiger partial charge in [-0.15, -0.1) is 20.4 Å². The van der Waals surface area contributed by atoms with Crippen LogP contribution in [0.15, 0.2) is 0 Å². The van der Waals surface area contributed by atoms with Crippen molar-refractivity contribution in [3.05, 3.63) is 11.6 Å². The van der Waals surface area contributed by atoms with Crippen molar-refractivity contribution in [2.45, 2.75) is 215 Å². The van der Waals surface area contributed by atoms with E-state index in [2.05, 4.69) is 104 Å². The molecule has 8 fully saturated rings. The van der Waals surface area contributed by atoms with Gasteiger partial charge in [0.15, 0.2) is 11.6 Å². The number of tetrazole rings is 2. The Bertz CT molecular complexity index is 1870. The summed E-state index contributed by atoms with van der Waals surface area (Å²) in [7, 11) is 0. The number of nitrogens with zero attached hydrogens (tertiary/aromatic N) is 6. The normalized spacial score (nSPS) is 49.1. The van der Waals surface area contributed by atoms with Gasteiger partial charge in [0.05, 0.1) is 24.4 Å². The van der Waals surface area contributed by atoms with Crippen molar-refractivity contribution in [1.29, 1.82) is 0 Å². The van der Waals surface area contributed by atoms with Crippen molar-refractivity contribution >= 4 is 0 Å². The Morgan fingerprint density at radius 3 is 1.48 bits per heavy atom. The van der Waals surface area contributed by atoms with Crippen molar-refractivity contribution in [2.24, 2.45) is 105 Å². The minimum absolute atomic E-state index is 0.171. The Kier molecular flexibility index (Phi) is 13.6. The lowest BCUT2D eigenvalue weighted by molar-refractivity contribution is -0.203. The first kappa shape index (κ1) is 48.0. The minimum atomic E-state index is -0.208. The predicted octanol–water partition coefficient (Wildman–Crippen LogP) is 9.35. The monoisotopic (exact) mass is 903 g/mol. The first-order valence-electron chi connectivity index (χ1n) is 27.2. The van der Waals surface area contributed by atoms with Crippen LogP contribution in [0.5, 0.6) is 0 Å². The van der Waals surface area contributed by atoms with Crippen LogP contribution in [0.25, 0.3) is 0 Å². The van der Waals surface area contributed by atoms with Crippen LogP contribution in [0.2, 0.25) is 0 Å². The third-order valence-electron chi connectivity index (χ3n) is 23.0. The van der Waals surface area contributed by atoms with Gasteiger partial charge in [0.25, 0.3) is 0 Å². The molecule has 6 N–H and O–H groups in total. The second-order valence-corrected chi connectivity index (χ2v) is 25.5. The maximum Gasteiger partial charge on any atom is 0.177 e. The highest BCUT2D eigenvalue weighted by molar-refractivity contribution is 5.16. The summed E-state index contributed by atoms with van der Waals surface area (Å²) < 4.78 is 0. The van der Waals surface area contributed by atoms with Crippen molar-refractivity contribution in [2.75, 3.05) is 0 Å². The second kappa shape index (κ2) is 18.4. The van der Waals surface area contributed by atoms with Crippen LogP contribution in [0.3, 0.4) is 0 Å². The van der Waals surface area contributed by atoms with E-state index >= 15 is 0 Å². The summed E-state index contributed by atoms with van der Waals surface area (Å²) in [6.07, 6.45) is 20.6. The molecular formula is C53H90N8O4. The second-order valence-electron chi connectivity index (χ2n) is 25.5. The Labute approximate surface area is 391 Å². The third kappa shape index (κ3) is 8.00. The summed E-state index contributed by atoms with van der Waals surface area (Å²) in [4.78, 5) is 0. The molecule has 2 aromatic rings. The van der Waals surface area contributed by atoms with E-state index in [-0.39, 0.29) is 35.2 Å². The van der Waals surface area contributed by atoms with Crippen LogP contribution in [0.4, 0.5) is 0 Å². The zero-order valence-corrected chi connectivity index (χ0v) is 41.9. The van der Waals surface area contributed by atoms with E-state index in [0.717, 1.165) is 82.3 Å². The van der Waals surface area contributed by atoms with E-state index in [0.29, 0.717) is 99.6 Å². The van der Waals surface area contributed by atoms with Crippen LogP contribution < -0.4 is 0 Å². The number of H-pyrrole nitrogens is 2. The molecule has 2 heterocycles. The largest absolute Gasteiger partial charge is 0.393 e. The van der Waals surface area contributed by atoms with E-state index in [1.165, 1.54) is 51.4 Å². The van der Waals surface area contributed by atoms with Crippen molar-refractivity contribution in [3.8, 4) is 0 Å². The third-order valence-corrected chi connectivity index (χ3v) is 23.0. The molecule has 12 nitrogen and oxygen atoms in total. The zero-order valence-electron chi connectivity index (χ0n) is 41.9. The quantitative estimate of drug-likeness (QED) is 0.134. The van der Waals surface area contributed by atoms with E-state index < -0.39 is 0 Å². The van der Waals surface area contributed by atoms with Gasteiger partial charge in [-0.05, 0) is 207 Å². The van der Waals surface area contributed by atoms with E-state index in [9.17, 15) is 20.4 Å². The lowest BCUT2D eigenvalue weighted by Crippen LogP contribution is -2.62. The molecule has 8 aliphatic carbocycles. The first-order valence-corrected chi connectivity index (χ1v) is 27.2. The fraction of sp³-hybridized carbons (Fsp3) is 0.962. The van der Waals surface area contributed by atoms with E-state index in [1.807, 2.05) is 0 Å². The Balaban J connectivity index is 0.000000164. The number of nitrogens with one attached hydrogen (secondary N) is 2. The summed E-state index contributed by atoms with van der Waals surface area (Å²) in [5, 5.41) is 74.0. The number of aromatic nitrogens is 8. The minimum Gasteiger partial charge on any atom is -0.393 e. The smallest absolute Gasteiger partial charge is 0.177 e. The van der Waals surface area contributed by atoms with Gasteiger partial charge in [-0.2, -0.15) is 10.4 Å². The van der Waals surface area contributed by atoms with Gasteiger partial charge in [0, 0.05) is 12.3 Å². The molecule has 0 bridgehead atoms. The van der Waals surface area contributed by atoms with Crippen LogP contribution in [-0.4, -0.2) is 86.1 Å². The maximum atomic E-state index is 11.9. The SMILES string of the molecule is CC[C@H]1[C@@H](O)C2C3CC[C@H]([C@H](C)CCc4nn[nH]n4)[C@@]3(C)CCC2[C@@]2(C)CC[C@@H](O)C[C@@H]12.CC[C@H]1[C@@H](O)C2C3CC[C@H]([C@H](C)C[C@H](C)c4nn[nH]n4)[C@@]3(C)CCC2[C@@]2(C)CC[C@@H](O)C[C@@H]12. The molecule has 0 aromatic carbocycles. The summed E-state index contributed by atoms with van der Waals surface area (Å²) in [6, 6.07) is 0. The molecule has 0 amide bonds. The summed E-state index contributed by atoms with van der Waals surface area (Å²) >= 11 is 0. The Morgan fingerprint density at radius 1 is 0.554 bits per heavy atom. The van der Waals surface area contributed by atoms with Crippen LogP contribution >= 0.6 is 0 Å². The lowest BCUT2D eigenvalue weighted by atomic mass is 9.41. The van der Waals surface area contributed by atoms with Gasteiger partial charge in [-0.25, -0.2) is 0 Å². The first-order chi connectivity index (χ1) is 31.0. The highest BCUT2D eigenvalue weighted by Gasteiger charge is 2.67. The average molecular weight is 903 g/mol. The Hall–Kier alpha value is -2.02. The van der Waals surface area contributed by atoms with E-state index in [1.54, 1.807) is 0 Å². The molecule has 0 aliphatic heterocycles. The van der Waals surface area contributed by atoms with Gasteiger partial charge in [0.2, 0.25) is 0 Å². The van der Waals surface area contributed by atoms with Crippen molar-refractivity contribution < 1.29 is 20.4 Å². The highest BCUT2D eigenvalue weighted by Crippen LogP contribution is 2.71. The number of rotatable bonds is 10. The molecule has 0 radical (unpaired) electrons. The van der Waals surface area contributed by atoms with Crippen LogP contribution in [0, 0.1) is 105 Å². The average Bonchev–Trinajstić information content (AvgIpc) is 4.12. The molecule has 10 rings (SSSR count). The molecule has 8 saturated carbocycles. The number of aliphatic hydroxyl groups excluding tert-OH is 4. The van der Waals surface area contributed by atoms with Crippen LogP contribution in [0.1, 0.15) is 195 Å². The van der Waals surface area contributed by atoms with Gasteiger partial charge in [-0.1, -0.05) is 85.6 Å². The molecule has 0 saturated heterocycles. The number of aromatic amines is 2. The van der Waals surface area contributed by atoms with Gasteiger partial charge in [-0.3, -0.25) is 0 Å². The molecule has 8 aliphatic rings. The predicted molar refractivity (Wildman–Crippen MR) is 252 cm³/mol. The molecule has 2 aromatic heterocycles. The number of aryl methyl sites for hydroxylation is 1. The summed E-state index contributed by atoms with van der Waals surface area (Å²) in [5.74, 6) is 9.60. The molecule has 23 atom stereocenters. The number of fused-ring (bicyclic) bond motifs is 10. The summed E-state index contributed by atoms with van der Waals surface area (Å²) in [6.45, 7) is 21.8. The highest BCUT2D eigenvalue weighted by atomic mass is 16.3. The molecule has 6 unspecified atom stereocenters. The van der Waals surface area contributed by atoms with Gasteiger partial charge < -0.3 is 20.4 Å². The fourth-order valence-corrected chi connectivity index (χ4v) is 19.9. The fourth-order valence-electron chi connectivity index (χ4n) is 19.9. The number of hydrogen-bond donors (Lipinski definition) is 6. The summed E-state index contributed by atoms with van der Waals surface area (Å²) in [5.41, 5.74) is 1.21. The van der Waals surface area contributed by atoms with Crippen LogP contribution in [-0.2, 0) is 6.42 Å². The van der Waals surface area contributed by atoms with Crippen molar-refractivity contribution in [3.63, 3.8) is 0 Å². The molecular weight excluding hydrogens is 813 g/mol. The Morgan fingerprint density at radius 2 is 1.02 bits per heavy atom. The molecule has 65 heavy (non-hydrogen) atoms. The molecule has 366 valence electrons. The topological polar surface area (TPSA) is 190 Å². The number of aliphatic hydroxyl groups is 4.